The van der Waals surface area contributed by atoms with Crippen LogP contribution in [0.15, 0.2) is 0 Å². The molecule has 6 fully saturated rings. The summed E-state index contributed by atoms with van der Waals surface area (Å²) in [6.45, 7) is 17.3. The van der Waals surface area contributed by atoms with Gasteiger partial charge in [0.15, 0.2) is 0 Å². The first-order valence-corrected chi connectivity index (χ1v) is 20.6. The minimum absolute atomic E-state index is 0.0516. The molecule has 1 N–H and O–H groups in total. The zero-order chi connectivity index (χ0) is 42.0. The molecule has 6 rings (SSSR count). The Labute approximate surface area is 335 Å². The second-order valence-electron chi connectivity index (χ2n) is 19.0. The Hall–Kier alpha value is -4.15. The van der Waals surface area contributed by atoms with E-state index in [1.165, 1.54) is 33.4 Å². The number of aliphatic hydroxyl groups excluding tert-OH is 1. The summed E-state index contributed by atoms with van der Waals surface area (Å²) in [7, 11) is 0. The van der Waals surface area contributed by atoms with Crippen LogP contribution in [0.3, 0.4) is 0 Å². The number of β-lactam (4-membered cyclic amide) rings is 2. The van der Waals surface area contributed by atoms with Crippen LogP contribution in [0.25, 0.3) is 0 Å². The second kappa shape index (κ2) is 15.2. The summed E-state index contributed by atoms with van der Waals surface area (Å²) in [5, 5.41) is 10.9. The van der Waals surface area contributed by atoms with Gasteiger partial charge in [-0.2, -0.15) is 0 Å². The summed E-state index contributed by atoms with van der Waals surface area (Å²) in [5.41, 5.74) is -3.98. The third-order valence-electron chi connectivity index (χ3n) is 12.5. The third-order valence-corrected chi connectivity index (χ3v) is 12.5. The van der Waals surface area contributed by atoms with Crippen molar-refractivity contribution in [3.05, 3.63) is 0 Å². The van der Waals surface area contributed by atoms with Crippen LogP contribution in [0.1, 0.15) is 101 Å². The second-order valence-corrected chi connectivity index (χ2v) is 19.0. The summed E-state index contributed by atoms with van der Waals surface area (Å²) < 4.78 is 16.9. The lowest BCUT2D eigenvalue weighted by atomic mass is 9.78. The molecule has 0 aromatic heterocycles. The van der Waals surface area contributed by atoms with E-state index in [4.69, 9.17) is 14.2 Å². The van der Waals surface area contributed by atoms with Crippen molar-refractivity contribution in [3.8, 4) is 0 Å². The van der Waals surface area contributed by atoms with E-state index in [1.807, 2.05) is 0 Å². The minimum Gasteiger partial charge on any atom is -0.460 e. The van der Waals surface area contributed by atoms with Crippen LogP contribution in [0.4, 0.5) is 9.59 Å². The van der Waals surface area contributed by atoms with E-state index in [0.717, 1.165) is 12.8 Å². The molecule has 8 atom stereocenters. The first kappa shape index (κ1) is 42.5. The predicted molar refractivity (Wildman–Crippen MR) is 203 cm³/mol. The van der Waals surface area contributed by atoms with Crippen LogP contribution in [0, 0.1) is 11.8 Å². The highest BCUT2D eigenvalue weighted by atomic mass is 16.6. The number of aliphatic hydroxyl groups is 1. The van der Waals surface area contributed by atoms with Crippen molar-refractivity contribution < 1.29 is 52.9 Å². The molecule has 0 saturated carbocycles. The molecule has 0 aromatic carbocycles. The lowest BCUT2D eigenvalue weighted by Crippen LogP contribution is -2.77. The van der Waals surface area contributed by atoms with Gasteiger partial charge >= 0.3 is 18.2 Å². The number of ether oxygens (including phenoxy) is 3. The largest absolute Gasteiger partial charge is 0.460 e. The van der Waals surface area contributed by atoms with E-state index in [9.17, 15) is 38.7 Å². The Balaban J connectivity index is 1.17. The molecule has 4 unspecified atom stereocenters. The van der Waals surface area contributed by atoms with Crippen LogP contribution in [0.2, 0.25) is 0 Å². The fraction of sp³-hybridized carbons (Fsp3) is 0.825. The molecule has 0 bridgehead atoms. The van der Waals surface area contributed by atoms with Crippen molar-refractivity contribution in [2.45, 2.75) is 147 Å². The van der Waals surface area contributed by atoms with Gasteiger partial charge in [-0.25, -0.2) is 9.59 Å². The van der Waals surface area contributed by atoms with E-state index >= 15 is 0 Å². The Morgan fingerprint density at radius 1 is 0.702 bits per heavy atom. The molecule has 6 aliphatic rings. The van der Waals surface area contributed by atoms with Crippen molar-refractivity contribution >= 4 is 41.8 Å². The number of esters is 1. The Morgan fingerprint density at radius 3 is 1.79 bits per heavy atom. The molecule has 6 aliphatic heterocycles. The van der Waals surface area contributed by atoms with E-state index in [1.54, 1.807) is 58.3 Å². The van der Waals surface area contributed by atoms with Gasteiger partial charge in [0.05, 0.1) is 19.2 Å². The number of hydrogen-bond donors (Lipinski definition) is 1. The quantitative estimate of drug-likeness (QED) is 0.215. The zero-order valence-electron chi connectivity index (χ0n) is 35.1. The van der Waals surface area contributed by atoms with E-state index in [0.29, 0.717) is 52.0 Å². The smallest absolute Gasteiger partial charge is 0.411 e. The summed E-state index contributed by atoms with van der Waals surface area (Å²) in [6, 6.07) is -2.20. The standard InChI is InChI=1S/C40H62N6O11/c1-24(47)29(43-22-39(33(43)51)14-12-17-45(39)35(53)56-37(4,5)6)31(49)42-18-13-27(20-42)28-19-40(46(21-28)36(54)57-38(7,8)9)23-44(34(40)52)30(25(2)55-26(3)48)32(50)41-15-10-11-16-41/h24-25,27-30,47H,10-23H2,1-9H3/t24-,25-,27?,28?,29+,30+,39?,40?/m1/s1. The average molecular weight is 803 g/mol. The first-order valence-electron chi connectivity index (χ1n) is 20.6. The lowest BCUT2D eigenvalue weighted by Gasteiger charge is -2.54. The van der Waals surface area contributed by atoms with Crippen molar-refractivity contribution in [2.75, 3.05) is 52.4 Å². The van der Waals surface area contributed by atoms with Crippen molar-refractivity contribution in [3.63, 3.8) is 0 Å². The maximum Gasteiger partial charge on any atom is 0.411 e. The Kier molecular flexibility index (Phi) is 11.3. The molecular weight excluding hydrogens is 740 g/mol. The number of nitrogens with zero attached hydrogens (tertiary/aromatic N) is 6. The van der Waals surface area contributed by atoms with Gasteiger partial charge in [-0.05, 0) is 106 Å². The summed E-state index contributed by atoms with van der Waals surface area (Å²) in [4.78, 5) is 104. The molecule has 17 heteroatoms. The van der Waals surface area contributed by atoms with Gasteiger partial charge in [0.25, 0.3) is 11.8 Å². The van der Waals surface area contributed by atoms with Gasteiger partial charge in [0.1, 0.15) is 40.5 Å². The number of carbonyl (C=O) groups is 7. The van der Waals surface area contributed by atoms with Crippen LogP contribution in [-0.4, -0.2) is 175 Å². The monoisotopic (exact) mass is 802 g/mol. The molecule has 0 aromatic rings. The van der Waals surface area contributed by atoms with Gasteiger partial charge in [0, 0.05) is 46.2 Å². The SMILES string of the molecule is CC(=O)O[C@H](C)[C@@H](C(=O)N1CCCC1)N1CC2(CC(C3CCN(C(=O)[C@H]([C@@H](C)O)N4CC5(CCCN5C(=O)OC(C)(C)C)C4=O)C3)CN2C(=O)OC(C)(C)C)C1=O. The predicted octanol–water partition coefficient (Wildman–Crippen LogP) is 1.98. The molecule has 57 heavy (non-hydrogen) atoms. The fourth-order valence-electron chi connectivity index (χ4n) is 9.94. The summed E-state index contributed by atoms with van der Waals surface area (Å²) in [6.07, 6.45) is 0.272. The fourth-order valence-corrected chi connectivity index (χ4v) is 9.94. The average Bonchev–Trinajstić information content (AvgIpc) is 3.92. The van der Waals surface area contributed by atoms with Crippen molar-refractivity contribution in [1.29, 1.82) is 0 Å². The van der Waals surface area contributed by atoms with Crippen LogP contribution in [0.5, 0.6) is 0 Å². The number of hydrogen-bond acceptors (Lipinski definition) is 11. The highest BCUT2D eigenvalue weighted by Gasteiger charge is 2.67. The molecule has 17 nitrogen and oxygen atoms in total. The van der Waals surface area contributed by atoms with Crippen LogP contribution in [-0.2, 0) is 38.2 Å². The van der Waals surface area contributed by atoms with Gasteiger partial charge in [-0.3, -0.25) is 33.8 Å². The van der Waals surface area contributed by atoms with Gasteiger partial charge < -0.3 is 38.9 Å². The van der Waals surface area contributed by atoms with E-state index in [2.05, 4.69) is 0 Å². The molecule has 6 heterocycles. The molecule has 2 spiro atoms. The Bertz CT molecular complexity index is 1650. The highest BCUT2D eigenvalue weighted by molar-refractivity contribution is 6.01. The topological polar surface area (TPSA) is 187 Å². The highest BCUT2D eigenvalue weighted by Crippen LogP contribution is 2.48. The molecular formula is C40H62N6O11. The summed E-state index contributed by atoms with van der Waals surface area (Å²) >= 11 is 0. The van der Waals surface area contributed by atoms with Crippen molar-refractivity contribution in [2.24, 2.45) is 11.8 Å². The van der Waals surface area contributed by atoms with Gasteiger partial charge in [0.2, 0.25) is 11.8 Å². The zero-order valence-corrected chi connectivity index (χ0v) is 35.1. The minimum atomic E-state index is -1.29. The normalized spacial score (nSPS) is 29.7. The third kappa shape index (κ3) is 7.88. The van der Waals surface area contributed by atoms with Gasteiger partial charge in [-0.15, -0.1) is 0 Å². The number of carbonyl (C=O) groups excluding carboxylic acids is 7. The van der Waals surface area contributed by atoms with Gasteiger partial charge in [-0.1, -0.05) is 0 Å². The number of likely N-dealkylation sites (tertiary alicyclic amines) is 6. The number of rotatable bonds is 8. The maximum atomic E-state index is 14.5. The lowest BCUT2D eigenvalue weighted by molar-refractivity contribution is -0.178. The van der Waals surface area contributed by atoms with E-state index < -0.39 is 76.5 Å². The summed E-state index contributed by atoms with van der Waals surface area (Å²) in [5.74, 6) is -2.39. The van der Waals surface area contributed by atoms with Crippen LogP contribution < -0.4 is 0 Å². The molecule has 318 valence electrons. The van der Waals surface area contributed by atoms with E-state index in [-0.39, 0.29) is 49.7 Å². The molecule has 6 amide bonds. The molecule has 6 saturated heterocycles. The van der Waals surface area contributed by atoms with Crippen LogP contribution >= 0.6 is 0 Å². The maximum absolute atomic E-state index is 14.5. The first-order chi connectivity index (χ1) is 26.5. The number of amides is 6. The van der Waals surface area contributed by atoms with Crippen molar-refractivity contribution in [1.82, 2.24) is 29.4 Å². The molecule has 0 radical (unpaired) electrons. The molecule has 0 aliphatic carbocycles. The Morgan fingerprint density at radius 2 is 1.25 bits per heavy atom.